The van der Waals surface area contributed by atoms with Crippen LogP contribution in [0, 0.1) is 0 Å². The zero-order chi connectivity index (χ0) is 20.3. The van der Waals surface area contributed by atoms with Crippen molar-refractivity contribution in [2.45, 2.75) is 43.4 Å². The molecule has 1 heterocycles. The Hall–Kier alpha value is -2.38. The number of benzene rings is 2. The molecule has 2 aromatic rings. The van der Waals surface area contributed by atoms with Gasteiger partial charge >= 0.3 is 0 Å². The second-order valence-electron chi connectivity index (χ2n) is 7.57. The molecule has 154 valence electrons. The standard InChI is InChI=1S/C22H26N2O4S/c25-22(16-28-21-9-5-7-17-6-1-2-8-20(17)21)23-18-10-12-19(13-11-18)29(26,27)24-14-3-4-15-24/h5,7,9-13H,1-4,6,8,14-16H2,(H,23,25). The van der Waals surface area contributed by atoms with Crippen LogP contribution >= 0.6 is 0 Å². The van der Waals surface area contributed by atoms with E-state index >= 15 is 0 Å². The van der Waals surface area contributed by atoms with Gasteiger partial charge in [-0.3, -0.25) is 4.79 Å². The van der Waals surface area contributed by atoms with Crippen LogP contribution in [0.15, 0.2) is 47.4 Å². The minimum absolute atomic E-state index is 0.0791. The van der Waals surface area contributed by atoms with Crippen molar-refractivity contribution in [1.82, 2.24) is 4.31 Å². The van der Waals surface area contributed by atoms with E-state index in [0.29, 0.717) is 18.8 Å². The fourth-order valence-corrected chi connectivity index (χ4v) is 5.53. The van der Waals surface area contributed by atoms with Crippen LogP contribution in [-0.4, -0.2) is 38.3 Å². The Morgan fingerprint density at radius 3 is 2.45 bits per heavy atom. The Labute approximate surface area is 171 Å². The number of carbonyl (C=O) groups is 1. The van der Waals surface area contributed by atoms with E-state index in [1.54, 1.807) is 12.1 Å². The number of sulfonamides is 1. The molecule has 29 heavy (non-hydrogen) atoms. The molecule has 1 fully saturated rings. The summed E-state index contributed by atoms with van der Waals surface area (Å²) in [6, 6.07) is 12.3. The van der Waals surface area contributed by atoms with Gasteiger partial charge in [-0.2, -0.15) is 4.31 Å². The molecule has 7 heteroatoms. The summed E-state index contributed by atoms with van der Waals surface area (Å²) in [5, 5.41) is 2.77. The molecule has 0 saturated carbocycles. The van der Waals surface area contributed by atoms with Gasteiger partial charge in [-0.25, -0.2) is 8.42 Å². The minimum Gasteiger partial charge on any atom is -0.483 e. The number of hydrogen-bond acceptors (Lipinski definition) is 4. The number of nitrogens with zero attached hydrogens (tertiary/aromatic N) is 1. The van der Waals surface area contributed by atoms with Gasteiger partial charge in [0.15, 0.2) is 6.61 Å². The van der Waals surface area contributed by atoms with Crippen LogP contribution in [0.4, 0.5) is 5.69 Å². The van der Waals surface area contributed by atoms with Gasteiger partial charge < -0.3 is 10.1 Å². The molecule has 0 radical (unpaired) electrons. The molecular formula is C22H26N2O4S. The lowest BCUT2D eigenvalue weighted by Gasteiger charge is -2.19. The lowest BCUT2D eigenvalue weighted by Crippen LogP contribution is -2.27. The molecule has 1 aliphatic heterocycles. The highest BCUT2D eigenvalue weighted by Gasteiger charge is 2.27. The van der Waals surface area contributed by atoms with Gasteiger partial charge in [0.25, 0.3) is 5.91 Å². The van der Waals surface area contributed by atoms with E-state index < -0.39 is 10.0 Å². The number of amides is 1. The normalized spacial score (nSPS) is 17.0. The summed E-state index contributed by atoms with van der Waals surface area (Å²) in [6.07, 6.45) is 6.19. The third-order valence-corrected chi connectivity index (χ3v) is 7.47. The first kappa shape index (κ1) is 19.9. The van der Waals surface area contributed by atoms with Crippen molar-refractivity contribution in [2.75, 3.05) is 25.0 Å². The monoisotopic (exact) mass is 414 g/mol. The number of aryl methyl sites for hydroxylation is 1. The van der Waals surface area contributed by atoms with E-state index in [9.17, 15) is 13.2 Å². The van der Waals surface area contributed by atoms with Gasteiger partial charge in [0.2, 0.25) is 10.0 Å². The fourth-order valence-electron chi connectivity index (χ4n) is 4.01. The fraction of sp³-hybridized carbons (Fsp3) is 0.409. The zero-order valence-electron chi connectivity index (χ0n) is 16.4. The van der Waals surface area contributed by atoms with Gasteiger partial charge in [-0.15, -0.1) is 0 Å². The Morgan fingerprint density at radius 1 is 0.966 bits per heavy atom. The second kappa shape index (κ2) is 8.55. The van der Waals surface area contributed by atoms with Gasteiger partial charge in [0.1, 0.15) is 5.75 Å². The van der Waals surface area contributed by atoms with Crippen molar-refractivity contribution in [3.63, 3.8) is 0 Å². The van der Waals surface area contributed by atoms with Crippen molar-refractivity contribution in [3.8, 4) is 5.75 Å². The summed E-state index contributed by atoms with van der Waals surface area (Å²) >= 11 is 0. The van der Waals surface area contributed by atoms with E-state index in [4.69, 9.17) is 4.74 Å². The highest BCUT2D eigenvalue weighted by atomic mass is 32.2. The van der Waals surface area contributed by atoms with Crippen molar-refractivity contribution in [3.05, 3.63) is 53.6 Å². The molecular weight excluding hydrogens is 388 g/mol. The number of carbonyl (C=O) groups excluding carboxylic acids is 1. The maximum Gasteiger partial charge on any atom is 0.262 e. The smallest absolute Gasteiger partial charge is 0.262 e. The highest BCUT2D eigenvalue weighted by Crippen LogP contribution is 2.29. The van der Waals surface area contributed by atoms with Gasteiger partial charge in [0, 0.05) is 18.8 Å². The van der Waals surface area contributed by atoms with Crippen LogP contribution < -0.4 is 10.1 Å². The molecule has 1 N–H and O–H groups in total. The zero-order valence-corrected chi connectivity index (χ0v) is 17.2. The molecule has 2 aromatic carbocycles. The predicted octanol–water partition coefficient (Wildman–Crippen LogP) is 3.37. The Bertz CT molecular complexity index is 980. The third kappa shape index (κ3) is 4.46. The minimum atomic E-state index is -3.44. The van der Waals surface area contributed by atoms with E-state index in [0.717, 1.165) is 37.9 Å². The first-order valence-electron chi connectivity index (χ1n) is 10.2. The molecule has 0 aromatic heterocycles. The Morgan fingerprint density at radius 2 is 1.69 bits per heavy atom. The summed E-state index contributed by atoms with van der Waals surface area (Å²) in [7, 11) is -3.44. The van der Waals surface area contributed by atoms with Crippen LogP contribution in [0.1, 0.15) is 36.8 Å². The maximum atomic E-state index is 12.6. The van der Waals surface area contributed by atoms with Crippen LogP contribution in [0.3, 0.4) is 0 Å². The highest BCUT2D eigenvalue weighted by molar-refractivity contribution is 7.89. The Kier molecular flexibility index (Phi) is 5.87. The second-order valence-corrected chi connectivity index (χ2v) is 9.51. The summed E-state index contributed by atoms with van der Waals surface area (Å²) in [5.41, 5.74) is 3.07. The van der Waals surface area contributed by atoms with E-state index in [2.05, 4.69) is 11.4 Å². The van der Waals surface area contributed by atoms with Crippen LogP contribution in [0.5, 0.6) is 5.75 Å². The molecule has 4 rings (SSSR count). The Balaban J connectivity index is 1.36. The number of anilines is 1. The van der Waals surface area contributed by atoms with Crippen molar-refractivity contribution in [1.29, 1.82) is 0 Å². The van der Waals surface area contributed by atoms with Crippen LogP contribution in [0.2, 0.25) is 0 Å². The maximum absolute atomic E-state index is 12.6. The summed E-state index contributed by atoms with van der Waals surface area (Å²) in [4.78, 5) is 12.5. The lowest BCUT2D eigenvalue weighted by molar-refractivity contribution is -0.118. The first-order chi connectivity index (χ1) is 14.0. The molecule has 1 amide bonds. The van der Waals surface area contributed by atoms with Gasteiger partial charge in [0.05, 0.1) is 4.90 Å². The van der Waals surface area contributed by atoms with Crippen LogP contribution in [0.25, 0.3) is 0 Å². The average Bonchev–Trinajstić information content (AvgIpc) is 3.28. The number of ether oxygens (including phenoxy) is 1. The van der Waals surface area contributed by atoms with Crippen LogP contribution in [-0.2, 0) is 27.7 Å². The van der Waals surface area contributed by atoms with E-state index in [1.165, 1.54) is 34.0 Å². The molecule has 0 unspecified atom stereocenters. The molecule has 2 aliphatic rings. The molecule has 0 atom stereocenters. The molecule has 1 saturated heterocycles. The molecule has 6 nitrogen and oxygen atoms in total. The van der Waals surface area contributed by atoms with Crippen molar-refractivity contribution >= 4 is 21.6 Å². The molecule has 1 aliphatic carbocycles. The summed E-state index contributed by atoms with van der Waals surface area (Å²) in [6.45, 7) is 1.06. The topological polar surface area (TPSA) is 75.7 Å². The molecule has 0 bridgehead atoms. The van der Waals surface area contributed by atoms with Gasteiger partial charge in [-0.05, 0) is 80.0 Å². The number of fused-ring (bicyclic) bond motifs is 1. The largest absolute Gasteiger partial charge is 0.483 e. The van der Waals surface area contributed by atoms with Crippen molar-refractivity contribution < 1.29 is 17.9 Å². The lowest BCUT2D eigenvalue weighted by atomic mass is 9.91. The van der Waals surface area contributed by atoms with E-state index in [-0.39, 0.29) is 17.4 Å². The van der Waals surface area contributed by atoms with Crippen molar-refractivity contribution in [2.24, 2.45) is 0 Å². The molecule has 0 spiro atoms. The number of nitrogens with one attached hydrogen (secondary N) is 1. The third-order valence-electron chi connectivity index (χ3n) is 5.55. The average molecular weight is 415 g/mol. The summed E-state index contributed by atoms with van der Waals surface area (Å²) in [5.74, 6) is 0.512. The number of rotatable bonds is 6. The number of hydrogen-bond donors (Lipinski definition) is 1. The summed E-state index contributed by atoms with van der Waals surface area (Å²) < 4.78 is 32.4. The first-order valence-corrected chi connectivity index (χ1v) is 11.6. The van der Waals surface area contributed by atoms with E-state index in [1.807, 2.05) is 12.1 Å². The predicted molar refractivity (Wildman–Crippen MR) is 112 cm³/mol. The quantitative estimate of drug-likeness (QED) is 0.786. The SMILES string of the molecule is O=C(COc1cccc2c1CCCC2)Nc1ccc(S(=O)(=O)N2CCCC2)cc1. The van der Waals surface area contributed by atoms with Gasteiger partial charge in [-0.1, -0.05) is 12.1 Å².